The van der Waals surface area contributed by atoms with E-state index in [1.165, 1.54) is 0 Å². The summed E-state index contributed by atoms with van der Waals surface area (Å²) >= 11 is 0. The molecule has 1 atom stereocenters. The number of nitrogens with one attached hydrogen (secondary N) is 3. The van der Waals surface area contributed by atoms with Gasteiger partial charge < -0.3 is 10.4 Å². The van der Waals surface area contributed by atoms with Crippen molar-refractivity contribution in [1.82, 2.24) is 16.2 Å². The molecule has 0 heterocycles. The van der Waals surface area contributed by atoms with Crippen molar-refractivity contribution in [3.63, 3.8) is 0 Å². The van der Waals surface area contributed by atoms with Gasteiger partial charge in [0.15, 0.2) is 0 Å². The van der Waals surface area contributed by atoms with Crippen LogP contribution in [0.25, 0.3) is 10.8 Å². The Kier molecular flexibility index (Phi) is 6.36. The lowest BCUT2D eigenvalue weighted by molar-refractivity contribution is -0.144. The van der Waals surface area contributed by atoms with Crippen molar-refractivity contribution < 1.29 is 19.5 Å². The molecule has 4 N–H and O–H groups in total. The molecule has 0 radical (unpaired) electrons. The van der Waals surface area contributed by atoms with Crippen molar-refractivity contribution in [2.45, 2.75) is 32.2 Å². The van der Waals surface area contributed by atoms with Crippen molar-refractivity contribution in [2.24, 2.45) is 5.41 Å². The zero-order valence-corrected chi connectivity index (χ0v) is 18.9. The fourth-order valence-corrected chi connectivity index (χ4v) is 4.44. The van der Waals surface area contributed by atoms with Crippen LogP contribution in [0, 0.1) is 5.41 Å². The third kappa shape index (κ3) is 4.64. The Balaban J connectivity index is 1.51. The lowest BCUT2D eigenvalue weighted by Gasteiger charge is -2.28. The van der Waals surface area contributed by atoms with Crippen LogP contribution in [-0.4, -0.2) is 28.9 Å². The molecule has 0 aromatic heterocycles. The summed E-state index contributed by atoms with van der Waals surface area (Å²) in [5, 5.41) is 14.2. The number of hydrazine groups is 1. The minimum absolute atomic E-state index is 0.0522. The largest absolute Gasteiger partial charge is 0.513 e. The van der Waals surface area contributed by atoms with Crippen LogP contribution in [0.1, 0.15) is 34.8 Å². The Morgan fingerprint density at radius 2 is 1.53 bits per heavy atom. The third-order valence-corrected chi connectivity index (χ3v) is 6.19. The summed E-state index contributed by atoms with van der Waals surface area (Å²) in [5.74, 6) is -1.58. The number of fused-ring (bicyclic) bond motifs is 2. The first kappa shape index (κ1) is 23.0. The van der Waals surface area contributed by atoms with E-state index in [1.807, 2.05) is 54.6 Å². The van der Waals surface area contributed by atoms with Gasteiger partial charge in [-0.25, -0.2) is 0 Å². The van der Waals surface area contributed by atoms with Crippen LogP contribution < -0.4 is 16.2 Å². The predicted molar refractivity (Wildman–Crippen MR) is 130 cm³/mol. The van der Waals surface area contributed by atoms with Crippen molar-refractivity contribution in [2.75, 3.05) is 0 Å². The van der Waals surface area contributed by atoms with Crippen molar-refractivity contribution >= 4 is 28.5 Å². The van der Waals surface area contributed by atoms with Gasteiger partial charge in [-0.2, -0.15) is 0 Å². The van der Waals surface area contributed by atoms with Gasteiger partial charge in [0.2, 0.25) is 5.91 Å². The van der Waals surface area contributed by atoms with E-state index in [0.29, 0.717) is 5.56 Å². The van der Waals surface area contributed by atoms with Crippen LogP contribution >= 0.6 is 0 Å². The van der Waals surface area contributed by atoms with E-state index in [2.05, 4.69) is 22.7 Å². The van der Waals surface area contributed by atoms with Crippen LogP contribution in [0.15, 0.2) is 79.1 Å². The van der Waals surface area contributed by atoms with Gasteiger partial charge in [-0.3, -0.25) is 25.2 Å². The molecular weight excluding hydrogens is 430 g/mol. The molecule has 3 amide bonds. The average molecular weight is 458 g/mol. The molecule has 174 valence electrons. The monoisotopic (exact) mass is 457 g/mol. The summed E-state index contributed by atoms with van der Waals surface area (Å²) in [5.41, 5.74) is 5.72. The van der Waals surface area contributed by atoms with Gasteiger partial charge in [0.1, 0.15) is 5.41 Å². The number of rotatable bonds is 6. The van der Waals surface area contributed by atoms with Gasteiger partial charge >= 0.3 is 0 Å². The van der Waals surface area contributed by atoms with E-state index < -0.39 is 29.2 Å². The maximum absolute atomic E-state index is 13.4. The third-order valence-electron chi connectivity index (χ3n) is 6.19. The number of benzene rings is 3. The normalized spacial score (nSPS) is 14.6. The molecule has 4 rings (SSSR count). The summed E-state index contributed by atoms with van der Waals surface area (Å²) in [6.45, 7) is 5.19. The number of hydrogen-bond acceptors (Lipinski definition) is 4. The number of carbonyl (C=O) groups is 3. The highest BCUT2D eigenvalue weighted by Crippen LogP contribution is 2.37. The fourth-order valence-electron chi connectivity index (χ4n) is 4.44. The van der Waals surface area contributed by atoms with Gasteiger partial charge in [0.25, 0.3) is 11.8 Å². The highest BCUT2D eigenvalue weighted by molar-refractivity contribution is 6.07. The van der Waals surface area contributed by atoms with Crippen LogP contribution in [0.4, 0.5) is 0 Å². The molecule has 0 saturated carbocycles. The molecule has 7 nitrogen and oxygen atoms in total. The molecule has 0 saturated heterocycles. The number of aliphatic hydroxyl groups excluding tert-OH is 1. The van der Waals surface area contributed by atoms with Crippen molar-refractivity contribution in [3.05, 3.63) is 95.8 Å². The number of carbonyl (C=O) groups excluding carboxylic acids is 3. The van der Waals surface area contributed by atoms with Crippen LogP contribution in [0.5, 0.6) is 0 Å². The highest BCUT2D eigenvalue weighted by atomic mass is 16.3. The van der Waals surface area contributed by atoms with Gasteiger partial charge in [0.05, 0.1) is 5.76 Å². The maximum atomic E-state index is 13.4. The molecular formula is C27H27N3O4. The Hall–Kier alpha value is -4.13. The molecule has 0 bridgehead atoms. The zero-order valence-electron chi connectivity index (χ0n) is 18.9. The van der Waals surface area contributed by atoms with Gasteiger partial charge in [-0.1, -0.05) is 61.2 Å². The standard InChI is InChI=1S/C27H27N3O4/c1-17(13-18(2)31)28-25(33)27(15-22-9-5-6-10-23(22)16-27)26(34)30-29-24(32)21-12-11-19-7-3-4-8-20(19)14-21/h3-12,14,17,31H,2,13,15-16H2,1H3,(H,28,33)(H,29,32)(H,30,34)/t17-/m1/s1. The molecule has 0 fully saturated rings. The Morgan fingerprint density at radius 3 is 2.18 bits per heavy atom. The maximum Gasteiger partial charge on any atom is 0.269 e. The minimum Gasteiger partial charge on any atom is -0.513 e. The lowest BCUT2D eigenvalue weighted by Crippen LogP contribution is -2.57. The van der Waals surface area contributed by atoms with Crippen molar-refractivity contribution in [3.8, 4) is 0 Å². The van der Waals surface area contributed by atoms with Crippen LogP contribution in [0.3, 0.4) is 0 Å². The topological polar surface area (TPSA) is 108 Å². The first-order chi connectivity index (χ1) is 16.3. The minimum atomic E-state index is -1.43. The SMILES string of the molecule is C=C(O)C[C@@H](C)NC(=O)C1(C(=O)NNC(=O)c2ccc3ccccc3c2)Cc2ccccc2C1. The summed E-state index contributed by atoms with van der Waals surface area (Å²) in [7, 11) is 0. The molecule has 0 aliphatic heterocycles. The van der Waals surface area contributed by atoms with Gasteiger partial charge in [0, 0.05) is 18.0 Å². The smallest absolute Gasteiger partial charge is 0.269 e. The molecule has 0 spiro atoms. The van der Waals surface area contributed by atoms with E-state index in [1.54, 1.807) is 19.1 Å². The molecule has 0 unspecified atom stereocenters. The lowest BCUT2D eigenvalue weighted by atomic mass is 9.82. The Morgan fingerprint density at radius 1 is 0.912 bits per heavy atom. The van der Waals surface area contributed by atoms with Crippen LogP contribution in [-0.2, 0) is 22.4 Å². The predicted octanol–water partition coefficient (Wildman–Crippen LogP) is 3.35. The first-order valence-corrected chi connectivity index (χ1v) is 11.1. The van der Waals surface area contributed by atoms with E-state index in [-0.39, 0.29) is 25.0 Å². The van der Waals surface area contributed by atoms with E-state index in [0.717, 1.165) is 21.9 Å². The molecule has 3 aromatic rings. The number of aliphatic hydroxyl groups is 1. The summed E-state index contributed by atoms with van der Waals surface area (Å²) in [6, 6.07) is 20.0. The quantitative estimate of drug-likeness (QED) is 0.259. The van der Waals surface area contributed by atoms with E-state index in [4.69, 9.17) is 0 Å². The molecule has 3 aromatic carbocycles. The summed E-state index contributed by atoms with van der Waals surface area (Å²) in [6.07, 6.45) is 0.591. The number of hydrogen-bond donors (Lipinski definition) is 4. The second-order valence-electron chi connectivity index (χ2n) is 8.82. The van der Waals surface area contributed by atoms with Crippen molar-refractivity contribution in [1.29, 1.82) is 0 Å². The van der Waals surface area contributed by atoms with Gasteiger partial charge in [-0.15, -0.1) is 0 Å². The molecule has 1 aliphatic carbocycles. The Labute approximate surface area is 197 Å². The molecule has 1 aliphatic rings. The zero-order chi connectivity index (χ0) is 24.3. The molecule has 34 heavy (non-hydrogen) atoms. The Bertz CT molecular complexity index is 1260. The van der Waals surface area contributed by atoms with E-state index in [9.17, 15) is 19.5 Å². The fraction of sp³-hybridized carbons (Fsp3) is 0.222. The second kappa shape index (κ2) is 9.39. The van der Waals surface area contributed by atoms with Gasteiger partial charge in [-0.05, 0) is 53.8 Å². The average Bonchev–Trinajstić information content (AvgIpc) is 3.22. The molecule has 7 heteroatoms. The second-order valence-corrected chi connectivity index (χ2v) is 8.82. The first-order valence-electron chi connectivity index (χ1n) is 11.1. The van der Waals surface area contributed by atoms with E-state index >= 15 is 0 Å². The van der Waals surface area contributed by atoms with Crippen LogP contribution in [0.2, 0.25) is 0 Å². The number of amides is 3. The summed E-state index contributed by atoms with van der Waals surface area (Å²) in [4.78, 5) is 39.4. The highest BCUT2D eigenvalue weighted by Gasteiger charge is 2.50. The summed E-state index contributed by atoms with van der Waals surface area (Å²) < 4.78 is 0.